The van der Waals surface area contributed by atoms with Gasteiger partial charge < -0.3 is 40.4 Å². The number of aromatic hydroxyl groups is 2. The number of anilines is 1. The van der Waals surface area contributed by atoms with E-state index in [-0.39, 0.29) is 63.1 Å². The number of thioether (sulfide) groups is 2. The molecule has 0 unspecified atom stereocenters. The summed E-state index contributed by atoms with van der Waals surface area (Å²) < 4.78 is 10.7. The lowest BCUT2D eigenvalue weighted by Gasteiger charge is -2.49. The number of carboxylic acid groups (broad SMARTS) is 1. The number of rotatable bonds is 11. The summed E-state index contributed by atoms with van der Waals surface area (Å²) in [6, 6.07) is 12.2. The lowest BCUT2D eigenvalue weighted by Crippen LogP contribution is -2.70. The summed E-state index contributed by atoms with van der Waals surface area (Å²) in [6.07, 6.45) is -1.62. The first kappa shape index (κ1) is 31.7. The second kappa shape index (κ2) is 13.6. The Bertz CT molecular complexity index is 1900. The molecule has 1 fully saturated rings. The van der Waals surface area contributed by atoms with Crippen LogP contribution in [0.5, 0.6) is 11.5 Å². The monoisotopic (exact) mass is 697 g/mol. The van der Waals surface area contributed by atoms with E-state index in [1.54, 1.807) is 0 Å². The maximum absolute atomic E-state index is 13.4. The van der Waals surface area contributed by atoms with Crippen molar-refractivity contribution in [2.24, 2.45) is 5.16 Å². The molecular weight excluding hydrogens is 675 g/mol. The predicted octanol–water partition coefficient (Wildman–Crippen LogP) is 3.21. The highest BCUT2D eigenvalue weighted by atomic mass is 32.2. The molecule has 6 rings (SSSR count). The van der Waals surface area contributed by atoms with Crippen LogP contribution >= 0.6 is 34.9 Å². The van der Waals surface area contributed by atoms with Gasteiger partial charge in [-0.05, 0) is 23.8 Å². The van der Waals surface area contributed by atoms with Crippen LogP contribution in [-0.2, 0) is 25.8 Å². The van der Waals surface area contributed by atoms with Crippen LogP contribution < -0.4 is 11.1 Å². The van der Waals surface area contributed by atoms with E-state index in [1.807, 2.05) is 30.3 Å². The normalized spacial score (nSPS) is 17.6. The first-order valence-electron chi connectivity index (χ1n) is 13.5. The third-order valence-corrected chi connectivity index (χ3v) is 9.59. The highest BCUT2D eigenvalue weighted by Crippen LogP contribution is 2.42. The number of phenols is 2. The van der Waals surface area contributed by atoms with Crippen LogP contribution in [0.3, 0.4) is 0 Å². The number of carbonyl (C=O) groups excluding carboxylic acids is 2. The van der Waals surface area contributed by atoms with E-state index in [2.05, 4.69) is 25.7 Å². The van der Waals surface area contributed by atoms with Crippen LogP contribution in [0.4, 0.5) is 9.93 Å². The summed E-state index contributed by atoms with van der Waals surface area (Å²) >= 11 is 3.48. The van der Waals surface area contributed by atoms with Crippen molar-refractivity contribution in [3.05, 3.63) is 76.6 Å². The number of nitrogen functional groups attached to an aromatic ring is 1. The number of hydrogen-bond donors (Lipinski definition) is 5. The summed E-state index contributed by atoms with van der Waals surface area (Å²) in [6.45, 7) is 0.0820. The summed E-state index contributed by atoms with van der Waals surface area (Å²) in [5.74, 6) is -1.68. The standard InChI is InChI=1S/C28H23N7O9S3/c29-26-30-16(12-46-26)19(34-42-9-13-4-2-1-3-5-13)21(38)31-20-23(39)35-24(44-28(40)41)15(10-45-25(20)35)11-47-27-33-32-22(43-27)14-6-7-17(36)18(37)8-14/h1-8,12,20,25,36-37H,9-11H2,(H2,29,30)(H,31,38)(H,40,41)/t20-,25+/m1/s1. The van der Waals surface area contributed by atoms with Crippen molar-refractivity contribution in [2.75, 3.05) is 17.2 Å². The summed E-state index contributed by atoms with van der Waals surface area (Å²) in [5.41, 5.74) is 7.41. The second-order valence-corrected chi connectivity index (χ2v) is 12.7. The molecule has 1 saturated heterocycles. The van der Waals surface area contributed by atoms with Crippen LogP contribution in [0.25, 0.3) is 11.5 Å². The molecule has 2 aliphatic rings. The summed E-state index contributed by atoms with van der Waals surface area (Å²) in [4.78, 5) is 49.0. The van der Waals surface area contributed by atoms with Gasteiger partial charge in [0.1, 0.15) is 23.7 Å². The number of benzene rings is 2. The fraction of sp³-hybridized carbons (Fsp3) is 0.179. The van der Waals surface area contributed by atoms with E-state index < -0.39 is 29.4 Å². The number of β-lactam (4-membered cyclic amide) rings is 1. The smallest absolute Gasteiger partial charge is 0.504 e. The number of aromatic nitrogens is 3. The summed E-state index contributed by atoms with van der Waals surface area (Å²) in [5, 5.41) is 44.5. The zero-order valence-electron chi connectivity index (χ0n) is 23.8. The number of fused-ring (bicyclic) bond motifs is 1. The molecular formula is C28H23N7O9S3. The van der Waals surface area contributed by atoms with Gasteiger partial charge in [0, 0.05) is 28.0 Å². The molecule has 0 radical (unpaired) electrons. The molecule has 2 atom stereocenters. The van der Waals surface area contributed by atoms with Crippen LogP contribution in [0.2, 0.25) is 0 Å². The van der Waals surface area contributed by atoms with Gasteiger partial charge in [-0.2, -0.15) is 0 Å². The number of ether oxygens (including phenoxy) is 1. The minimum atomic E-state index is -1.62. The Balaban J connectivity index is 1.14. The lowest BCUT2D eigenvalue weighted by atomic mass is 10.1. The topological polar surface area (TPSA) is 236 Å². The number of carbonyl (C=O) groups is 3. The van der Waals surface area contributed by atoms with Gasteiger partial charge in [0.2, 0.25) is 11.8 Å². The fourth-order valence-electron chi connectivity index (χ4n) is 4.46. The maximum Gasteiger partial charge on any atom is 0.512 e. The van der Waals surface area contributed by atoms with Crippen molar-refractivity contribution in [3.8, 4) is 23.0 Å². The molecule has 2 aromatic carbocycles. The van der Waals surface area contributed by atoms with E-state index in [0.717, 1.165) is 28.7 Å². The molecule has 0 aliphatic carbocycles. The van der Waals surface area contributed by atoms with Gasteiger partial charge in [-0.15, -0.1) is 33.3 Å². The molecule has 2 aliphatic heterocycles. The van der Waals surface area contributed by atoms with Crippen LogP contribution in [0.1, 0.15) is 11.3 Å². The minimum absolute atomic E-state index is 0.0820. The van der Waals surface area contributed by atoms with Crippen molar-refractivity contribution >= 4 is 63.7 Å². The van der Waals surface area contributed by atoms with Crippen LogP contribution in [-0.4, -0.2) is 82.0 Å². The van der Waals surface area contributed by atoms with Gasteiger partial charge in [-0.3, -0.25) is 14.5 Å². The van der Waals surface area contributed by atoms with Gasteiger partial charge in [-0.25, -0.2) is 9.78 Å². The summed E-state index contributed by atoms with van der Waals surface area (Å²) in [7, 11) is 0. The van der Waals surface area contributed by atoms with Crippen molar-refractivity contribution in [1.29, 1.82) is 0 Å². The van der Waals surface area contributed by atoms with Crippen molar-refractivity contribution in [2.45, 2.75) is 23.2 Å². The highest BCUT2D eigenvalue weighted by Gasteiger charge is 2.54. The zero-order chi connectivity index (χ0) is 33.1. The molecule has 0 spiro atoms. The van der Waals surface area contributed by atoms with Gasteiger partial charge in [0.05, 0.1) is 0 Å². The number of hydrogen-bond acceptors (Lipinski definition) is 16. The molecule has 4 aromatic rings. The maximum atomic E-state index is 13.4. The first-order chi connectivity index (χ1) is 22.7. The SMILES string of the molecule is Nc1nc(C(=NOCc2ccccc2)C(=O)N[C@@H]2C(=O)N3C(OC(=O)O)=C(CSc4nnc(-c5ccc(O)c(O)c5)o4)CS[C@@H]23)cs1. The number of thiazole rings is 1. The Morgan fingerprint density at radius 1 is 1.17 bits per heavy atom. The average molecular weight is 698 g/mol. The van der Waals surface area contributed by atoms with E-state index >= 15 is 0 Å². The molecule has 16 nitrogen and oxygen atoms in total. The molecule has 47 heavy (non-hydrogen) atoms. The Morgan fingerprint density at radius 2 is 1.98 bits per heavy atom. The fourth-order valence-corrected chi connectivity index (χ4v) is 7.22. The number of phenolic OH excluding ortho intramolecular Hbond substituents is 2. The average Bonchev–Trinajstić information content (AvgIpc) is 3.71. The molecule has 242 valence electrons. The van der Waals surface area contributed by atoms with Gasteiger partial charge in [0.25, 0.3) is 17.0 Å². The Morgan fingerprint density at radius 3 is 2.70 bits per heavy atom. The van der Waals surface area contributed by atoms with Crippen molar-refractivity contribution in [1.82, 2.24) is 25.4 Å². The molecule has 4 heterocycles. The Labute approximate surface area is 277 Å². The highest BCUT2D eigenvalue weighted by molar-refractivity contribution is 8.01. The molecule has 2 amide bonds. The minimum Gasteiger partial charge on any atom is -0.504 e. The number of oxime groups is 1. The zero-order valence-corrected chi connectivity index (χ0v) is 26.3. The molecule has 0 saturated carbocycles. The third kappa shape index (κ3) is 6.95. The van der Waals surface area contributed by atoms with E-state index in [4.69, 9.17) is 19.7 Å². The molecule has 6 N–H and O–H groups in total. The number of nitrogens with two attached hydrogens (primary N) is 1. The Hall–Kier alpha value is -5.27. The predicted molar refractivity (Wildman–Crippen MR) is 169 cm³/mol. The Kier molecular flexibility index (Phi) is 9.18. The van der Waals surface area contributed by atoms with Gasteiger partial charge >= 0.3 is 6.16 Å². The quantitative estimate of drug-likeness (QED) is 0.0378. The van der Waals surface area contributed by atoms with E-state index in [0.29, 0.717) is 11.1 Å². The lowest BCUT2D eigenvalue weighted by molar-refractivity contribution is -0.148. The van der Waals surface area contributed by atoms with E-state index in [9.17, 15) is 29.7 Å². The van der Waals surface area contributed by atoms with Gasteiger partial charge in [0.15, 0.2) is 22.3 Å². The van der Waals surface area contributed by atoms with Crippen molar-refractivity contribution < 1.29 is 43.7 Å². The second-order valence-electron chi connectivity index (χ2n) is 9.77. The van der Waals surface area contributed by atoms with Crippen LogP contribution in [0.15, 0.2) is 80.2 Å². The largest absolute Gasteiger partial charge is 0.512 e. The van der Waals surface area contributed by atoms with Gasteiger partial charge in [-0.1, -0.05) is 47.2 Å². The van der Waals surface area contributed by atoms with E-state index in [1.165, 1.54) is 40.2 Å². The molecule has 19 heteroatoms. The molecule has 2 aromatic heterocycles. The van der Waals surface area contributed by atoms with Crippen LogP contribution in [0, 0.1) is 0 Å². The molecule has 0 bridgehead atoms. The van der Waals surface area contributed by atoms with Crippen molar-refractivity contribution in [3.63, 3.8) is 0 Å². The number of amides is 2. The number of nitrogens with zero attached hydrogens (tertiary/aromatic N) is 5. The number of nitrogens with one attached hydrogen (secondary N) is 1. The third-order valence-electron chi connectivity index (χ3n) is 6.67. The first-order valence-corrected chi connectivity index (χ1v) is 16.4.